The number of rotatable bonds is 3. The molecule has 0 unspecified atom stereocenters. The lowest BCUT2D eigenvalue weighted by atomic mass is 9.77. The van der Waals surface area contributed by atoms with Crippen molar-refractivity contribution >= 4 is 17.4 Å². The summed E-state index contributed by atoms with van der Waals surface area (Å²) < 4.78 is 8.26. The van der Waals surface area contributed by atoms with Gasteiger partial charge in [-0.1, -0.05) is 54.1 Å². The molecule has 0 bridgehead atoms. The number of carbonyl (C=O) groups is 1. The Morgan fingerprint density at radius 1 is 1.14 bits per heavy atom. The third-order valence-electron chi connectivity index (χ3n) is 5.69. The summed E-state index contributed by atoms with van der Waals surface area (Å²) in [5, 5.41) is 5.45. The molecule has 0 fully saturated rings. The molecule has 29 heavy (non-hydrogen) atoms. The maximum Gasteiger partial charge on any atom is 0.222 e. The predicted octanol–water partition coefficient (Wildman–Crippen LogP) is 5.42. The topological polar surface area (TPSA) is 44.1 Å². The van der Waals surface area contributed by atoms with Crippen molar-refractivity contribution in [1.29, 1.82) is 0 Å². The fourth-order valence-corrected chi connectivity index (χ4v) is 4.62. The highest BCUT2D eigenvalue weighted by molar-refractivity contribution is 6.30. The van der Waals surface area contributed by atoms with Crippen LogP contribution in [0.4, 0.5) is 0 Å². The third kappa shape index (κ3) is 3.18. The number of nitrogens with zero attached hydrogens (tertiary/aromatic N) is 2. The molecule has 0 radical (unpaired) electrons. The van der Waals surface area contributed by atoms with Crippen molar-refractivity contribution in [3.05, 3.63) is 93.3 Å². The SMILES string of the molecule is Cc1nn(Cc2ccccc2)c2c1[C@@H](c1cccc(Cl)c1)C1=C(CCCC1=O)O2. The maximum absolute atomic E-state index is 12.9. The molecule has 1 aliphatic carbocycles. The highest BCUT2D eigenvalue weighted by atomic mass is 35.5. The van der Waals surface area contributed by atoms with Crippen LogP contribution in [0.5, 0.6) is 5.88 Å². The van der Waals surface area contributed by atoms with E-state index in [-0.39, 0.29) is 11.7 Å². The van der Waals surface area contributed by atoms with Gasteiger partial charge in [-0.15, -0.1) is 0 Å². The Labute approximate surface area is 174 Å². The second-order valence-corrected chi connectivity index (χ2v) is 8.09. The Balaban J connectivity index is 1.68. The van der Waals surface area contributed by atoms with Crippen molar-refractivity contribution in [2.24, 2.45) is 0 Å². The fraction of sp³-hybridized carbons (Fsp3) is 0.250. The number of ketones is 1. The van der Waals surface area contributed by atoms with E-state index in [1.807, 2.05) is 54.1 Å². The van der Waals surface area contributed by atoms with Crippen LogP contribution in [-0.4, -0.2) is 15.6 Å². The maximum atomic E-state index is 12.9. The lowest BCUT2D eigenvalue weighted by Crippen LogP contribution is -2.26. The van der Waals surface area contributed by atoms with Gasteiger partial charge in [-0.2, -0.15) is 5.10 Å². The van der Waals surface area contributed by atoms with Crippen LogP contribution in [-0.2, 0) is 11.3 Å². The van der Waals surface area contributed by atoms with Gasteiger partial charge in [-0.05, 0) is 36.6 Å². The fourth-order valence-electron chi connectivity index (χ4n) is 4.42. The van der Waals surface area contributed by atoms with E-state index in [2.05, 4.69) is 12.1 Å². The first kappa shape index (κ1) is 18.2. The van der Waals surface area contributed by atoms with Gasteiger partial charge in [0.25, 0.3) is 0 Å². The molecule has 0 amide bonds. The molecule has 146 valence electrons. The van der Waals surface area contributed by atoms with E-state index in [0.29, 0.717) is 18.0 Å². The molecular formula is C24H21ClN2O2. The second-order valence-electron chi connectivity index (χ2n) is 7.65. The molecule has 0 saturated heterocycles. The van der Waals surface area contributed by atoms with E-state index >= 15 is 0 Å². The molecule has 3 aromatic rings. The molecule has 0 N–H and O–H groups in total. The number of fused-ring (bicyclic) bond motifs is 1. The monoisotopic (exact) mass is 404 g/mol. The Hall–Kier alpha value is -2.85. The van der Waals surface area contributed by atoms with Crippen LogP contribution in [0.2, 0.25) is 5.02 Å². The smallest absolute Gasteiger partial charge is 0.222 e. The predicted molar refractivity (Wildman–Crippen MR) is 112 cm³/mol. The zero-order valence-electron chi connectivity index (χ0n) is 16.2. The number of benzene rings is 2. The molecule has 5 rings (SSSR count). The molecule has 2 aromatic carbocycles. The standard InChI is InChI=1S/C24H21ClN2O2/c1-15-21-22(17-9-5-10-18(25)13-17)23-19(28)11-6-12-20(23)29-24(21)27(26-15)14-16-7-3-2-4-8-16/h2-5,7-10,13,22H,6,11-12,14H2,1H3/t22-/m1/s1. The van der Waals surface area contributed by atoms with Crippen molar-refractivity contribution in [3.8, 4) is 5.88 Å². The average molecular weight is 405 g/mol. The largest absolute Gasteiger partial charge is 0.443 e. The van der Waals surface area contributed by atoms with Gasteiger partial charge in [0, 0.05) is 34.9 Å². The van der Waals surface area contributed by atoms with Crippen LogP contribution in [0, 0.1) is 6.92 Å². The number of hydrogen-bond acceptors (Lipinski definition) is 3. The molecule has 4 nitrogen and oxygen atoms in total. The molecule has 1 aliphatic heterocycles. The molecule has 1 atom stereocenters. The van der Waals surface area contributed by atoms with Gasteiger partial charge in [0.1, 0.15) is 5.76 Å². The Bertz CT molecular complexity index is 1130. The van der Waals surface area contributed by atoms with Gasteiger partial charge >= 0.3 is 0 Å². The number of hydrogen-bond donors (Lipinski definition) is 0. The number of ether oxygens (including phenoxy) is 1. The summed E-state index contributed by atoms with van der Waals surface area (Å²) in [6, 6.07) is 18.0. The minimum absolute atomic E-state index is 0.164. The number of aryl methyl sites for hydroxylation is 1. The van der Waals surface area contributed by atoms with E-state index < -0.39 is 0 Å². The van der Waals surface area contributed by atoms with E-state index in [4.69, 9.17) is 21.4 Å². The van der Waals surface area contributed by atoms with E-state index in [1.54, 1.807) is 0 Å². The summed E-state index contributed by atoms with van der Waals surface area (Å²) in [6.07, 6.45) is 2.15. The number of aromatic nitrogens is 2. The first-order chi connectivity index (χ1) is 14.1. The van der Waals surface area contributed by atoms with Gasteiger partial charge < -0.3 is 4.74 Å². The van der Waals surface area contributed by atoms with Crippen molar-refractivity contribution in [2.45, 2.75) is 38.6 Å². The minimum atomic E-state index is -0.190. The summed E-state index contributed by atoms with van der Waals surface area (Å²) in [6.45, 7) is 2.61. The Morgan fingerprint density at radius 2 is 1.97 bits per heavy atom. The van der Waals surface area contributed by atoms with Crippen LogP contribution >= 0.6 is 11.6 Å². The van der Waals surface area contributed by atoms with Crippen molar-refractivity contribution in [2.75, 3.05) is 0 Å². The Morgan fingerprint density at radius 3 is 2.76 bits per heavy atom. The van der Waals surface area contributed by atoms with Crippen LogP contribution < -0.4 is 4.74 Å². The number of carbonyl (C=O) groups excluding carboxylic acids is 1. The average Bonchev–Trinajstić information content (AvgIpc) is 3.02. The highest BCUT2D eigenvalue weighted by Crippen LogP contribution is 2.48. The van der Waals surface area contributed by atoms with Crippen LogP contribution in [0.1, 0.15) is 47.6 Å². The summed E-state index contributed by atoms with van der Waals surface area (Å²) >= 11 is 6.30. The quantitative estimate of drug-likeness (QED) is 0.585. The minimum Gasteiger partial charge on any atom is -0.443 e. The second kappa shape index (κ2) is 7.20. The first-order valence-electron chi connectivity index (χ1n) is 9.92. The summed E-state index contributed by atoms with van der Waals surface area (Å²) in [5.41, 5.74) is 4.78. The molecule has 2 heterocycles. The van der Waals surface area contributed by atoms with Crippen molar-refractivity contribution < 1.29 is 9.53 Å². The third-order valence-corrected chi connectivity index (χ3v) is 5.92. The molecular weight excluding hydrogens is 384 g/mol. The van der Waals surface area contributed by atoms with Crippen molar-refractivity contribution in [1.82, 2.24) is 9.78 Å². The van der Waals surface area contributed by atoms with Crippen LogP contribution in [0.3, 0.4) is 0 Å². The van der Waals surface area contributed by atoms with Gasteiger partial charge in [-0.25, -0.2) is 4.68 Å². The molecule has 2 aliphatic rings. The summed E-state index contributed by atoms with van der Waals surface area (Å²) in [4.78, 5) is 12.9. The molecule has 0 saturated carbocycles. The van der Waals surface area contributed by atoms with Crippen molar-refractivity contribution in [3.63, 3.8) is 0 Å². The zero-order valence-corrected chi connectivity index (χ0v) is 16.9. The molecule has 0 spiro atoms. The number of allylic oxidation sites excluding steroid dienone is 2. The van der Waals surface area contributed by atoms with Gasteiger partial charge in [0.15, 0.2) is 5.78 Å². The molecule has 1 aromatic heterocycles. The Kier molecular flexibility index (Phi) is 4.51. The number of halogens is 1. The molecule has 5 heteroatoms. The van der Waals surface area contributed by atoms with E-state index in [9.17, 15) is 4.79 Å². The van der Waals surface area contributed by atoms with Gasteiger partial charge in [0.2, 0.25) is 5.88 Å². The van der Waals surface area contributed by atoms with E-state index in [1.165, 1.54) is 0 Å². The normalized spacial score (nSPS) is 18.3. The zero-order chi connectivity index (χ0) is 20.0. The lowest BCUT2D eigenvalue weighted by molar-refractivity contribution is -0.116. The number of Topliss-reactive ketones (excluding diaryl/α,β-unsaturated/α-hetero) is 1. The van der Waals surface area contributed by atoms with Crippen LogP contribution in [0.15, 0.2) is 65.9 Å². The highest BCUT2D eigenvalue weighted by Gasteiger charge is 2.40. The summed E-state index contributed by atoms with van der Waals surface area (Å²) in [5.74, 6) is 1.50. The first-order valence-corrected chi connectivity index (χ1v) is 10.3. The van der Waals surface area contributed by atoms with Gasteiger partial charge in [-0.3, -0.25) is 4.79 Å². The van der Waals surface area contributed by atoms with Gasteiger partial charge in [0.05, 0.1) is 12.2 Å². The lowest BCUT2D eigenvalue weighted by Gasteiger charge is -2.31. The summed E-state index contributed by atoms with van der Waals surface area (Å²) in [7, 11) is 0. The van der Waals surface area contributed by atoms with E-state index in [0.717, 1.165) is 52.4 Å². The van der Waals surface area contributed by atoms with Crippen LogP contribution in [0.25, 0.3) is 0 Å².